The number of para-hydroxylation sites is 2. The Labute approximate surface area is 215 Å². The number of benzene rings is 3. The number of hydrogen-bond acceptors (Lipinski definition) is 4. The Hall–Kier alpha value is -3.74. The Morgan fingerprint density at radius 1 is 0.865 bits per heavy atom. The average Bonchev–Trinajstić information content (AvgIpc) is 3.58. The zero-order valence-electron chi connectivity index (χ0n) is 20.7. The molecule has 0 N–H and O–H groups in total. The van der Waals surface area contributed by atoms with E-state index in [0.717, 1.165) is 46.5 Å². The van der Waals surface area contributed by atoms with Gasteiger partial charge in [-0.25, -0.2) is 13.8 Å². The van der Waals surface area contributed by atoms with Gasteiger partial charge in [-0.05, 0) is 65.6 Å². The smallest absolute Gasteiger partial charge is 0.248 e. The molecule has 3 aromatic carbocycles. The van der Waals surface area contributed by atoms with E-state index in [1.54, 1.807) is 0 Å². The van der Waals surface area contributed by atoms with Crippen molar-refractivity contribution < 1.29 is 8.78 Å². The number of fused-ring (bicyclic) bond motifs is 1. The maximum atomic E-state index is 13.8. The predicted molar refractivity (Wildman–Crippen MR) is 142 cm³/mol. The highest BCUT2D eigenvalue weighted by atomic mass is 19.3. The molecule has 2 heterocycles. The van der Waals surface area contributed by atoms with Crippen LogP contribution in [0.15, 0.2) is 88.2 Å². The first kappa shape index (κ1) is 23.6. The second kappa shape index (κ2) is 9.96. The van der Waals surface area contributed by atoms with Gasteiger partial charge in [0.1, 0.15) is 12.4 Å². The fourth-order valence-electron chi connectivity index (χ4n) is 5.47. The van der Waals surface area contributed by atoms with Crippen LogP contribution in [0.1, 0.15) is 42.4 Å². The lowest BCUT2D eigenvalue weighted by Gasteiger charge is -2.29. The first-order chi connectivity index (χ1) is 18.1. The number of aryl methyl sites for hydroxylation is 2. The Balaban J connectivity index is 1.26. The summed E-state index contributed by atoms with van der Waals surface area (Å²) in [5.74, 6) is -1.36. The first-order valence-corrected chi connectivity index (χ1v) is 13.0. The van der Waals surface area contributed by atoms with Crippen LogP contribution in [0, 0.1) is 5.92 Å². The number of halogens is 2. The quantitative estimate of drug-likeness (QED) is 0.261. The summed E-state index contributed by atoms with van der Waals surface area (Å²) < 4.78 is 29.9. The van der Waals surface area contributed by atoms with Crippen LogP contribution < -0.4 is 0 Å². The molecule has 37 heavy (non-hydrogen) atoms. The van der Waals surface area contributed by atoms with Crippen molar-refractivity contribution in [2.75, 3.05) is 6.54 Å². The third-order valence-corrected chi connectivity index (χ3v) is 7.61. The summed E-state index contributed by atoms with van der Waals surface area (Å²) in [5, 5.41) is 11.7. The van der Waals surface area contributed by atoms with Crippen LogP contribution in [0.2, 0.25) is 0 Å². The van der Waals surface area contributed by atoms with Crippen LogP contribution in [-0.4, -0.2) is 27.7 Å². The van der Waals surface area contributed by atoms with Crippen LogP contribution in [0.5, 0.6) is 0 Å². The van der Waals surface area contributed by atoms with E-state index in [2.05, 4.69) is 74.6 Å². The summed E-state index contributed by atoms with van der Waals surface area (Å²) in [4.78, 5) is 5.03. The van der Waals surface area contributed by atoms with Gasteiger partial charge in [-0.3, -0.25) is 0 Å². The van der Waals surface area contributed by atoms with E-state index in [0.29, 0.717) is 25.9 Å². The molecule has 6 rings (SSSR count). The van der Waals surface area contributed by atoms with Crippen molar-refractivity contribution in [1.82, 2.24) is 9.55 Å². The summed E-state index contributed by atoms with van der Waals surface area (Å²) in [7, 11) is 0. The molecular formula is C30H29F2N5. The largest absolute Gasteiger partial charge is 0.324 e. The number of nitrogens with zero attached hydrogens (tertiary/aromatic N) is 5. The van der Waals surface area contributed by atoms with E-state index in [1.807, 2.05) is 18.2 Å². The normalized spacial score (nSPS) is 17.4. The molecule has 0 atom stereocenters. The Bertz CT molecular complexity index is 1460. The number of hydrogen-bond donors (Lipinski definition) is 0. The van der Waals surface area contributed by atoms with Gasteiger partial charge in [0.25, 0.3) is 0 Å². The van der Waals surface area contributed by atoms with Gasteiger partial charge in [0.05, 0.1) is 16.7 Å². The summed E-state index contributed by atoms with van der Waals surface area (Å²) in [6.07, 6.45) is 2.82. The van der Waals surface area contributed by atoms with Crippen molar-refractivity contribution in [1.29, 1.82) is 0 Å². The molecule has 1 saturated carbocycles. The zero-order chi connectivity index (χ0) is 25.2. The molecule has 7 heteroatoms. The minimum Gasteiger partial charge on any atom is -0.324 e. The molecule has 1 aromatic heterocycles. The van der Waals surface area contributed by atoms with Gasteiger partial charge in [0.15, 0.2) is 0 Å². The number of aromatic nitrogens is 2. The number of rotatable bonds is 7. The summed E-state index contributed by atoms with van der Waals surface area (Å²) in [5.41, 5.74) is 7.56. The van der Waals surface area contributed by atoms with Crippen LogP contribution >= 0.6 is 0 Å². The highest BCUT2D eigenvalue weighted by Crippen LogP contribution is 2.38. The minimum absolute atomic E-state index is 0.0219. The van der Waals surface area contributed by atoms with E-state index in [9.17, 15) is 8.78 Å². The molecule has 0 saturated heterocycles. The SMILES string of the molecule is FC1(F)CCC(Cn2c(-c3ccccc3CCc3ccc(C4=NN=NC4)cc3)nc3ccccc32)CC1. The summed E-state index contributed by atoms with van der Waals surface area (Å²) in [6, 6.07) is 25.0. The van der Waals surface area contributed by atoms with Crippen molar-refractivity contribution in [2.24, 2.45) is 21.4 Å². The van der Waals surface area contributed by atoms with Crippen molar-refractivity contribution >= 4 is 16.7 Å². The molecule has 4 aromatic rings. The maximum absolute atomic E-state index is 13.8. The molecule has 0 spiro atoms. The van der Waals surface area contributed by atoms with Gasteiger partial charge in [-0.1, -0.05) is 60.7 Å². The van der Waals surface area contributed by atoms with E-state index < -0.39 is 5.92 Å². The van der Waals surface area contributed by atoms with E-state index in [1.165, 1.54) is 11.1 Å². The Kier molecular flexibility index (Phi) is 6.37. The molecule has 0 amide bonds. The number of alkyl halides is 2. The predicted octanol–water partition coefficient (Wildman–Crippen LogP) is 7.48. The Morgan fingerprint density at radius 3 is 2.41 bits per heavy atom. The van der Waals surface area contributed by atoms with Gasteiger partial charge < -0.3 is 4.57 Å². The maximum Gasteiger partial charge on any atom is 0.248 e. The van der Waals surface area contributed by atoms with Gasteiger partial charge in [-0.2, -0.15) is 5.11 Å². The van der Waals surface area contributed by atoms with Crippen LogP contribution in [0.25, 0.3) is 22.4 Å². The summed E-state index contributed by atoms with van der Waals surface area (Å²) >= 11 is 0. The lowest BCUT2D eigenvalue weighted by atomic mass is 9.86. The molecule has 0 unspecified atom stereocenters. The Morgan fingerprint density at radius 2 is 1.62 bits per heavy atom. The molecule has 0 radical (unpaired) electrons. The third-order valence-electron chi connectivity index (χ3n) is 7.61. The van der Waals surface area contributed by atoms with Crippen molar-refractivity contribution in [2.45, 2.75) is 51.0 Å². The monoisotopic (exact) mass is 497 g/mol. The topological polar surface area (TPSA) is 54.9 Å². The third kappa shape index (κ3) is 5.08. The zero-order valence-corrected chi connectivity index (χ0v) is 20.7. The van der Waals surface area contributed by atoms with Gasteiger partial charge >= 0.3 is 0 Å². The molecule has 2 aliphatic rings. The van der Waals surface area contributed by atoms with E-state index in [-0.39, 0.29) is 18.8 Å². The average molecular weight is 498 g/mol. The van der Waals surface area contributed by atoms with Crippen molar-refractivity contribution in [3.63, 3.8) is 0 Å². The highest BCUT2D eigenvalue weighted by molar-refractivity contribution is 6.02. The lowest BCUT2D eigenvalue weighted by molar-refractivity contribution is -0.0471. The summed E-state index contributed by atoms with van der Waals surface area (Å²) in [6.45, 7) is 1.25. The van der Waals surface area contributed by atoms with Gasteiger partial charge in [0.2, 0.25) is 5.92 Å². The van der Waals surface area contributed by atoms with Gasteiger partial charge in [0, 0.05) is 24.9 Å². The molecular weight excluding hydrogens is 468 g/mol. The molecule has 1 fully saturated rings. The highest BCUT2D eigenvalue weighted by Gasteiger charge is 2.35. The van der Waals surface area contributed by atoms with Crippen molar-refractivity contribution in [3.8, 4) is 11.4 Å². The van der Waals surface area contributed by atoms with Gasteiger partial charge in [-0.15, -0.1) is 5.10 Å². The van der Waals surface area contributed by atoms with Crippen LogP contribution in [0.3, 0.4) is 0 Å². The molecule has 0 bridgehead atoms. The number of imidazole rings is 1. The second-order valence-corrected chi connectivity index (χ2v) is 10.1. The molecule has 1 aliphatic heterocycles. The fraction of sp³-hybridized carbons (Fsp3) is 0.333. The standard InChI is InChI=1S/C30H29F2N5/c31-30(32)17-15-22(16-18-30)20-37-28-8-4-3-7-26(28)34-29(37)25-6-2-1-5-23(25)12-9-21-10-13-24(14-11-21)27-19-33-36-35-27/h1-8,10-11,13-14,22H,9,12,15-20H2. The van der Waals surface area contributed by atoms with E-state index >= 15 is 0 Å². The van der Waals surface area contributed by atoms with Crippen LogP contribution in [-0.2, 0) is 19.4 Å². The molecule has 188 valence electrons. The molecule has 5 nitrogen and oxygen atoms in total. The second-order valence-electron chi connectivity index (χ2n) is 10.1. The molecule has 1 aliphatic carbocycles. The van der Waals surface area contributed by atoms with Crippen molar-refractivity contribution in [3.05, 3.63) is 89.5 Å². The van der Waals surface area contributed by atoms with Crippen LogP contribution in [0.4, 0.5) is 8.78 Å². The fourth-order valence-corrected chi connectivity index (χ4v) is 5.47. The van der Waals surface area contributed by atoms with E-state index in [4.69, 9.17) is 4.98 Å². The lowest BCUT2D eigenvalue weighted by Crippen LogP contribution is -2.27. The first-order valence-electron chi connectivity index (χ1n) is 13.0. The minimum atomic E-state index is -2.52.